The Morgan fingerprint density at radius 3 is 2.91 bits per heavy atom. The second-order valence-corrected chi connectivity index (χ2v) is 8.12. The number of ether oxygens (including phenoxy) is 1. The van der Waals surface area contributed by atoms with Crippen LogP contribution >= 0.6 is 0 Å². The van der Waals surface area contributed by atoms with Gasteiger partial charge in [0.2, 0.25) is 5.91 Å². The number of anilines is 1. The molecule has 0 aromatic heterocycles. The lowest BCUT2D eigenvalue weighted by molar-refractivity contribution is -0.121. The molecule has 2 aliphatic rings. The molecule has 0 aliphatic carbocycles. The van der Waals surface area contributed by atoms with Crippen molar-refractivity contribution < 1.29 is 22.7 Å². The van der Waals surface area contributed by atoms with Crippen LogP contribution in [0.3, 0.4) is 0 Å². The van der Waals surface area contributed by atoms with Crippen molar-refractivity contribution in [2.75, 3.05) is 30.1 Å². The zero-order valence-electron chi connectivity index (χ0n) is 12.7. The van der Waals surface area contributed by atoms with Crippen LogP contribution in [0.2, 0.25) is 0 Å². The smallest absolute Gasteiger partial charge is 0.264 e. The highest BCUT2D eigenvalue weighted by atomic mass is 32.2. The third-order valence-electron chi connectivity index (χ3n) is 4.07. The van der Waals surface area contributed by atoms with Crippen LogP contribution in [0.5, 0.6) is 5.75 Å². The number of nitrogens with one attached hydrogen (secondary N) is 1. The number of nitrogens with zero attached hydrogens (tertiary/aromatic N) is 1. The standard InChI is InChI=1S/C15H18N2O5S/c1-17-12-6-10(2-3-13(12)22-8-15(17)19)7-14(18)16-11-4-5-23(20,21)9-11/h2-3,6,11H,4-5,7-9H2,1H3,(H,16,18). The van der Waals surface area contributed by atoms with Gasteiger partial charge in [-0.15, -0.1) is 0 Å². The van der Waals surface area contributed by atoms with Gasteiger partial charge < -0.3 is 15.0 Å². The zero-order valence-corrected chi connectivity index (χ0v) is 13.6. The molecule has 2 amide bonds. The number of hydrogen-bond donors (Lipinski definition) is 1. The molecular formula is C15H18N2O5S. The Morgan fingerprint density at radius 1 is 1.43 bits per heavy atom. The van der Waals surface area contributed by atoms with Gasteiger partial charge in [0.05, 0.1) is 23.6 Å². The molecule has 23 heavy (non-hydrogen) atoms. The molecule has 0 bridgehead atoms. The van der Waals surface area contributed by atoms with Crippen molar-refractivity contribution in [2.24, 2.45) is 0 Å². The third-order valence-corrected chi connectivity index (χ3v) is 5.84. The number of fused-ring (bicyclic) bond motifs is 1. The molecule has 3 rings (SSSR count). The van der Waals surface area contributed by atoms with E-state index in [1.165, 1.54) is 4.90 Å². The van der Waals surface area contributed by atoms with E-state index in [-0.39, 0.29) is 42.4 Å². The molecule has 1 saturated heterocycles. The predicted octanol–water partition coefficient (Wildman–Crippen LogP) is -0.112. The topological polar surface area (TPSA) is 92.8 Å². The maximum atomic E-state index is 12.1. The fraction of sp³-hybridized carbons (Fsp3) is 0.467. The Morgan fingerprint density at radius 2 is 2.22 bits per heavy atom. The number of benzene rings is 1. The Labute approximate surface area is 134 Å². The Balaban J connectivity index is 1.66. The monoisotopic (exact) mass is 338 g/mol. The van der Waals surface area contributed by atoms with Gasteiger partial charge in [-0.2, -0.15) is 0 Å². The minimum atomic E-state index is -3.01. The first-order chi connectivity index (χ1) is 10.8. The van der Waals surface area contributed by atoms with Gasteiger partial charge in [0.1, 0.15) is 5.75 Å². The zero-order chi connectivity index (χ0) is 16.6. The lowest BCUT2D eigenvalue weighted by atomic mass is 10.1. The number of carbonyl (C=O) groups excluding carboxylic acids is 2. The maximum absolute atomic E-state index is 12.1. The van der Waals surface area contributed by atoms with Crippen LogP contribution < -0.4 is 15.0 Å². The van der Waals surface area contributed by atoms with E-state index in [0.29, 0.717) is 17.9 Å². The van der Waals surface area contributed by atoms with E-state index in [9.17, 15) is 18.0 Å². The van der Waals surface area contributed by atoms with Gasteiger partial charge in [0.15, 0.2) is 16.4 Å². The summed E-state index contributed by atoms with van der Waals surface area (Å²) < 4.78 is 28.1. The predicted molar refractivity (Wildman–Crippen MR) is 84.3 cm³/mol. The Bertz CT molecular complexity index is 759. The van der Waals surface area contributed by atoms with Crippen LogP contribution in [0, 0.1) is 0 Å². The summed E-state index contributed by atoms with van der Waals surface area (Å²) in [5.41, 5.74) is 1.38. The number of rotatable bonds is 3. The van der Waals surface area contributed by atoms with E-state index >= 15 is 0 Å². The summed E-state index contributed by atoms with van der Waals surface area (Å²) in [6.45, 7) is 0.0134. The van der Waals surface area contributed by atoms with E-state index in [4.69, 9.17) is 4.74 Å². The summed E-state index contributed by atoms with van der Waals surface area (Å²) >= 11 is 0. The van der Waals surface area contributed by atoms with Crippen molar-refractivity contribution in [3.05, 3.63) is 23.8 Å². The molecular weight excluding hydrogens is 320 g/mol. The Kier molecular flexibility index (Phi) is 4.01. The molecule has 124 valence electrons. The summed E-state index contributed by atoms with van der Waals surface area (Å²) in [7, 11) is -1.35. The van der Waals surface area contributed by atoms with Crippen LogP contribution in [0.15, 0.2) is 18.2 Å². The number of amides is 2. The third kappa shape index (κ3) is 3.47. The van der Waals surface area contributed by atoms with Crippen molar-refractivity contribution in [3.8, 4) is 5.75 Å². The number of likely N-dealkylation sites (N-methyl/N-ethyl adjacent to an activating group) is 1. The molecule has 1 unspecified atom stereocenters. The lowest BCUT2D eigenvalue weighted by Crippen LogP contribution is -2.37. The summed E-state index contributed by atoms with van der Waals surface area (Å²) in [5, 5.41) is 2.75. The molecule has 2 aliphatic heterocycles. The number of sulfone groups is 1. The van der Waals surface area contributed by atoms with E-state index < -0.39 is 9.84 Å². The summed E-state index contributed by atoms with van der Waals surface area (Å²) in [4.78, 5) is 25.2. The lowest BCUT2D eigenvalue weighted by Gasteiger charge is -2.26. The van der Waals surface area contributed by atoms with Crippen molar-refractivity contribution in [3.63, 3.8) is 0 Å². The fourth-order valence-corrected chi connectivity index (χ4v) is 4.47. The fourth-order valence-electron chi connectivity index (χ4n) is 2.80. The van der Waals surface area contributed by atoms with Gasteiger partial charge in [0.25, 0.3) is 5.91 Å². The number of hydrogen-bond acceptors (Lipinski definition) is 5. The van der Waals surface area contributed by atoms with E-state index in [1.807, 2.05) is 0 Å². The second-order valence-electron chi connectivity index (χ2n) is 5.89. The quantitative estimate of drug-likeness (QED) is 0.830. The Hall–Kier alpha value is -2.09. The minimum Gasteiger partial charge on any atom is -0.482 e. The van der Waals surface area contributed by atoms with Crippen LogP contribution in [0.25, 0.3) is 0 Å². The van der Waals surface area contributed by atoms with Crippen LogP contribution in [0.1, 0.15) is 12.0 Å². The van der Waals surface area contributed by atoms with Crippen molar-refractivity contribution in [1.82, 2.24) is 5.32 Å². The highest BCUT2D eigenvalue weighted by Crippen LogP contribution is 2.32. The molecule has 8 heteroatoms. The summed E-state index contributed by atoms with van der Waals surface area (Å²) in [6, 6.07) is 4.95. The highest BCUT2D eigenvalue weighted by molar-refractivity contribution is 7.91. The normalized spacial score (nSPS) is 22.4. The first-order valence-corrected chi connectivity index (χ1v) is 9.18. The molecule has 0 radical (unpaired) electrons. The molecule has 1 atom stereocenters. The molecule has 2 heterocycles. The van der Waals surface area contributed by atoms with Gasteiger partial charge in [0, 0.05) is 13.1 Å². The minimum absolute atomic E-state index is 0.00794. The van der Waals surface area contributed by atoms with Crippen molar-refractivity contribution >= 4 is 27.3 Å². The highest BCUT2D eigenvalue weighted by Gasteiger charge is 2.29. The average molecular weight is 338 g/mol. The molecule has 0 saturated carbocycles. The van der Waals surface area contributed by atoms with Gasteiger partial charge >= 0.3 is 0 Å². The average Bonchev–Trinajstić information content (AvgIpc) is 2.82. The van der Waals surface area contributed by atoms with Gasteiger partial charge in [-0.3, -0.25) is 9.59 Å². The van der Waals surface area contributed by atoms with E-state index in [0.717, 1.165) is 5.56 Å². The first kappa shape index (κ1) is 15.8. The molecule has 1 aromatic rings. The largest absolute Gasteiger partial charge is 0.482 e. The molecule has 0 spiro atoms. The van der Waals surface area contributed by atoms with Gasteiger partial charge in [-0.1, -0.05) is 6.07 Å². The maximum Gasteiger partial charge on any atom is 0.264 e. The second kappa shape index (κ2) is 5.84. The van der Waals surface area contributed by atoms with Crippen LogP contribution in [-0.4, -0.2) is 51.4 Å². The van der Waals surface area contributed by atoms with Crippen molar-refractivity contribution in [2.45, 2.75) is 18.9 Å². The van der Waals surface area contributed by atoms with Crippen molar-refractivity contribution in [1.29, 1.82) is 0 Å². The van der Waals surface area contributed by atoms with Gasteiger partial charge in [-0.05, 0) is 24.1 Å². The van der Waals surface area contributed by atoms with E-state index in [2.05, 4.69) is 5.32 Å². The summed E-state index contributed by atoms with van der Waals surface area (Å²) in [6.07, 6.45) is 0.592. The van der Waals surface area contributed by atoms with Gasteiger partial charge in [-0.25, -0.2) is 8.42 Å². The summed E-state index contributed by atoms with van der Waals surface area (Å²) in [5.74, 6) is 0.376. The molecule has 1 N–H and O–H groups in total. The van der Waals surface area contributed by atoms with Crippen LogP contribution in [0.4, 0.5) is 5.69 Å². The number of carbonyl (C=O) groups is 2. The molecule has 1 fully saturated rings. The van der Waals surface area contributed by atoms with Crippen LogP contribution in [-0.2, 0) is 25.8 Å². The molecule has 1 aromatic carbocycles. The van der Waals surface area contributed by atoms with E-state index in [1.54, 1.807) is 25.2 Å². The SMILES string of the molecule is CN1C(=O)COc2ccc(CC(=O)NC3CCS(=O)(=O)C3)cc21. The first-order valence-electron chi connectivity index (χ1n) is 7.36. The molecule has 7 nitrogen and oxygen atoms in total.